The summed E-state index contributed by atoms with van der Waals surface area (Å²) >= 11 is 0. The lowest BCUT2D eigenvalue weighted by Crippen LogP contribution is -2.09. The Bertz CT molecular complexity index is 985. The first-order valence-corrected chi connectivity index (χ1v) is 8.17. The number of non-ortho nitro benzene ring substituents is 1. The van der Waals surface area contributed by atoms with Crippen molar-refractivity contribution in [1.82, 2.24) is 10.2 Å². The Kier molecular flexibility index (Phi) is 4.98. The Hall–Kier alpha value is -3.55. The molecule has 0 aliphatic carbocycles. The Morgan fingerprint density at radius 3 is 2.33 bits per heavy atom. The van der Waals surface area contributed by atoms with E-state index in [1.807, 2.05) is 32.9 Å². The maximum Gasteiger partial charge on any atom is 0.339 e. The fourth-order valence-corrected chi connectivity index (χ4v) is 2.86. The van der Waals surface area contributed by atoms with Gasteiger partial charge in [-0.05, 0) is 44.0 Å². The Morgan fingerprint density at radius 1 is 1.11 bits per heavy atom. The molecule has 27 heavy (non-hydrogen) atoms. The molecule has 0 aliphatic heterocycles. The summed E-state index contributed by atoms with van der Waals surface area (Å²) in [5.41, 5.74) is 3.79. The van der Waals surface area contributed by atoms with Gasteiger partial charge in [-0.2, -0.15) is 0 Å². The second-order valence-electron chi connectivity index (χ2n) is 6.15. The van der Waals surface area contributed by atoms with E-state index in [1.54, 1.807) is 0 Å². The summed E-state index contributed by atoms with van der Waals surface area (Å²) in [5.74, 6) is -0.127. The van der Waals surface area contributed by atoms with Crippen molar-refractivity contribution in [1.29, 1.82) is 0 Å². The van der Waals surface area contributed by atoms with Gasteiger partial charge < -0.3 is 9.15 Å². The first-order chi connectivity index (χ1) is 12.8. The minimum atomic E-state index is -0.489. The van der Waals surface area contributed by atoms with Crippen LogP contribution in [0.3, 0.4) is 0 Å². The summed E-state index contributed by atoms with van der Waals surface area (Å²) in [4.78, 5) is 22.6. The summed E-state index contributed by atoms with van der Waals surface area (Å²) in [6.45, 7) is 5.52. The van der Waals surface area contributed by atoms with Crippen molar-refractivity contribution in [2.75, 3.05) is 0 Å². The highest BCUT2D eigenvalue weighted by atomic mass is 16.6. The van der Waals surface area contributed by atoms with E-state index in [1.165, 1.54) is 24.3 Å². The third-order valence-corrected chi connectivity index (χ3v) is 4.00. The molecule has 0 atom stereocenters. The maximum absolute atomic E-state index is 12.4. The lowest BCUT2D eigenvalue weighted by atomic mass is 10.00. The number of carbonyl (C=O) groups excluding carboxylic acids is 1. The molecule has 0 fully saturated rings. The molecule has 1 heterocycles. The van der Waals surface area contributed by atoms with Crippen molar-refractivity contribution < 1.29 is 18.9 Å². The standard InChI is InChI=1S/C19H17N3O5/c1-11-8-12(2)17(13(3)9-11)19(23)26-10-16-20-21-18(27-16)14-4-6-15(7-5-14)22(24)25/h4-9H,10H2,1-3H3. The van der Waals surface area contributed by atoms with Crippen LogP contribution in [0.1, 0.15) is 32.9 Å². The van der Waals surface area contributed by atoms with Crippen molar-refractivity contribution in [3.05, 3.63) is 74.7 Å². The quantitative estimate of drug-likeness (QED) is 0.382. The molecule has 0 amide bonds. The number of aromatic nitrogens is 2. The fourth-order valence-electron chi connectivity index (χ4n) is 2.86. The van der Waals surface area contributed by atoms with Gasteiger partial charge in [0.15, 0.2) is 6.61 Å². The van der Waals surface area contributed by atoms with E-state index in [0.717, 1.165) is 16.7 Å². The van der Waals surface area contributed by atoms with Gasteiger partial charge in [0.1, 0.15) is 0 Å². The van der Waals surface area contributed by atoms with E-state index in [2.05, 4.69) is 10.2 Å². The Morgan fingerprint density at radius 2 is 1.74 bits per heavy atom. The van der Waals surface area contributed by atoms with Gasteiger partial charge in [0, 0.05) is 17.7 Å². The number of hydrogen-bond acceptors (Lipinski definition) is 7. The molecule has 8 heteroatoms. The monoisotopic (exact) mass is 367 g/mol. The zero-order chi connectivity index (χ0) is 19.6. The van der Waals surface area contributed by atoms with Crippen LogP contribution in [0.4, 0.5) is 5.69 Å². The minimum absolute atomic E-state index is 0.0312. The number of esters is 1. The topological polar surface area (TPSA) is 108 Å². The van der Waals surface area contributed by atoms with Crippen LogP contribution < -0.4 is 0 Å². The predicted molar refractivity (Wildman–Crippen MR) is 96.2 cm³/mol. The maximum atomic E-state index is 12.4. The summed E-state index contributed by atoms with van der Waals surface area (Å²) in [7, 11) is 0. The second-order valence-corrected chi connectivity index (χ2v) is 6.15. The van der Waals surface area contributed by atoms with Crippen molar-refractivity contribution >= 4 is 11.7 Å². The first kappa shape index (κ1) is 18.2. The average Bonchev–Trinajstić information content (AvgIpc) is 3.08. The van der Waals surface area contributed by atoms with Gasteiger partial charge in [0.25, 0.3) is 11.6 Å². The van der Waals surface area contributed by atoms with E-state index in [-0.39, 0.29) is 24.1 Å². The van der Waals surface area contributed by atoms with E-state index < -0.39 is 10.9 Å². The first-order valence-electron chi connectivity index (χ1n) is 8.17. The largest absolute Gasteiger partial charge is 0.452 e. The van der Waals surface area contributed by atoms with E-state index in [4.69, 9.17) is 9.15 Å². The molecule has 0 aliphatic rings. The number of benzene rings is 2. The van der Waals surface area contributed by atoms with Gasteiger partial charge in [-0.15, -0.1) is 10.2 Å². The van der Waals surface area contributed by atoms with Crippen molar-refractivity contribution in [3.63, 3.8) is 0 Å². The van der Waals surface area contributed by atoms with Crippen LogP contribution >= 0.6 is 0 Å². The second kappa shape index (κ2) is 7.36. The normalized spacial score (nSPS) is 10.6. The minimum Gasteiger partial charge on any atom is -0.452 e. The smallest absolute Gasteiger partial charge is 0.339 e. The molecule has 0 radical (unpaired) electrons. The van der Waals surface area contributed by atoms with Crippen LogP contribution in [-0.2, 0) is 11.3 Å². The molecule has 0 spiro atoms. The van der Waals surface area contributed by atoms with Gasteiger partial charge in [0.05, 0.1) is 10.5 Å². The van der Waals surface area contributed by atoms with Crippen LogP contribution in [0.25, 0.3) is 11.5 Å². The highest BCUT2D eigenvalue weighted by molar-refractivity contribution is 5.92. The van der Waals surface area contributed by atoms with E-state index in [9.17, 15) is 14.9 Å². The number of ether oxygens (including phenoxy) is 1. The Labute approximate surface area is 155 Å². The number of nitrogens with zero attached hydrogens (tertiary/aromatic N) is 3. The van der Waals surface area contributed by atoms with Crippen LogP contribution in [0.5, 0.6) is 0 Å². The number of carbonyl (C=O) groups is 1. The summed E-state index contributed by atoms with van der Waals surface area (Å²) in [5, 5.41) is 18.4. The molecule has 1 aromatic heterocycles. The van der Waals surface area contributed by atoms with E-state index in [0.29, 0.717) is 11.1 Å². The number of nitro groups is 1. The molecule has 2 aromatic carbocycles. The lowest BCUT2D eigenvalue weighted by molar-refractivity contribution is -0.384. The zero-order valence-corrected chi connectivity index (χ0v) is 15.1. The molecular formula is C19H17N3O5. The molecule has 0 saturated carbocycles. The third-order valence-electron chi connectivity index (χ3n) is 4.00. The van der Waals surface area contributed by atoms with Crippen LogP contribution in [0.15, 0.2) is 40.8 Å². The van der Waals surface area contributed by atoms with E-state index >= 15 is 0 Å². The highest BCUT2D eigenvalue weighted by Crippen LogP contribution is 2.22. The molecular weight excluding hydrogens is 350 g/mol. The third kappa shape index (κ3) is 4.00. The Balaban J connectivity index is 1.69. The van der Waals surface area contributed by atoms with Crippen LogP contribution in [0.2, 0.25) is 0 Å². The number of aryl methyl sites for hydroxylation is 3. The fraction of sp³-hybridized carbons (Fsp3) is 0.211. The molecule has 3 aromatic rings. The van der Waals surface area contributed by atoms with Gasteiger partial charge in [-0.25, -0.2) is 4.79 Å². The molecule has 0 N–H and O–H groups in total. The lowest BCUT2D eigenvalue weighted by Gasteiger charge is -2.10. The van der Waals surface area contributed by atoms with Gasteiger partial charge >= 0.3 is 5.97 Å². The number of hydrogen-bond donors (Lipinski definition) is 0. The van der Waals surface area contributed by atoms with Crippen molar-refractivity contribution in [2.45, 2.75) is 27.4 Å². The molecule has 3 rings (SSSR count). The van der Waals surface area contributed by atoms with Crippen LogP contribution in [-0.4, -0.2) is 21.1 Å². The molecule has 0 bridgehead atoms. The molecule has 0 unspecified atom stereocenters. The number of rotatable bonds is 5. The molecule has 0 saturated heterocycles. The summed E-state index contributed by atoms with van der Waals surface area (Å²) < 4.78 is 10.8. The van der Waals surface area contributed by atoms with Gasteiger partial charge in [0.2, 0.25) is 5.89 Å². The molecule has 138 valence electrons. The number of nitro benzene ring substituents is 1. The highest BCUT2D eigenvalue weighted by Gasteiger charge is 2.17. The van der Waals surface area contributed by atoms with Gasteiger partial charge in [-0.1, -0.05) is 17.7 Å². The summed E-state index contributed by atoms with van der Waals surface area (Å²) in [6.07, 6.45) is 0. The molecule has 8 nitrogen and oxygen atoms in total. The van der Waals surface area contributed by atoms with Crippen molar-refractivity contribution in [3.8, 4) is 11.5 Å². The SMILES string of the molecule is Cc1cc(C)c(C(=O)OCc2nnc(-c3ccc([N+](=O)[O-])cc3)o2)c(C)c1. The predicted octanol–water partition coefficient (Wildman–Crippen LogP) is 3.93. The van der Waals surface area contributed by atoms with Crippen LogP contribution in [0, 0.1) is 30.9 Å². The van der Waals surface area contributed by atoms with Gasteiger partial charge in [-0.3, -0.25) is 10.1 Å². The zero-order valence-electron chi connectivity index (χ0n) is 15.1. The van der Waals surface area contributed by atoms with Crippen molar-refractivity contribution in [2.24, 2.45) is 0 Å². The average molecular weight is 367 g/mol. The summed E-state index contributed by atoms with van der Waals surface area (Å²) in [6, 6.07) is 9.57.